The summed E-state index contributed by atoms with van der Waals surface area (Å²) in [5.41, 5.74) is 9.32. The number of para-hydroxylation sites is 4. The van der Waals surface area contributed by atoms with E-state index < -0.39 is 23.8 Å². The predicted molar refractivity (Wildman–Crippen MR) is 194 cm³/mol. The van der Waals surface area contributed by atoms with Gasteiger partial charge in [0.05, 0.1) is 24.5 Å². The standard InChI is InChI=1S/C41H46N4O4/c1-2-14-34(39(42)46)35(26-29-15-9-10-16-29)40(47)43-36-28-44(31-18-5-3-6-19-31)37-23-11-12-24-38(37)45(41(36)48)27-30-17-13-22-33(25-30)49-32-20-7-4-8-21-32/h3-8,11-13,17-25,29,34-36H,2,9-10,14-16,26-28H2,1H3,(H2,42,46)(H,43,47). The van der Waals surface area contributed by atoms with Crippen molar-refractivity contribution in [2.24, 2.45) is 23.5 Å². The van der Waals surface area contributed by atoms with Crippen LogP contribution < -0.4 is 25.6 Å². The number of nitrogens with two attached hydrogens (primary N) is 1. The predicted octanol–water partition coefficient (Wildman–Crippen LogP) is 7.75. The molecule has 4 aromatic carbocycles. The maximum Gasteiger partial charge on any atom is 0.251 e. The summed E-state index contributed by atoms with van der Waals surface area (Å²) in [5.74, 6) is -0.378. The fraction of sp³-hybridized carbons (Fsp3) is 0.341. The average molecular weight is 659 g/mol. The lowest BCUT2D eigenvalue weighted by atomic mass is 9.80. The van der Waals surface area contributed by atoms with Gasteiger partial charge in [-0.05, 0) is 72.9 Å². The molecule has 0 aromatic heterocycles. The molecular weight excluding hydrogens is 612 g/mol. The van der Waals surface area contributed by atoms with Crippen molar-refractivity contribution in [3.63, 3.8) is 0 Å². The zero-order valence-corrected chi connectivity index (χ0v) is 28.2. The van der Waals surface area contributed by atoms with Crippen molar-refractivity contribution >= 4 is 34.8 Å². The minimum Gasteiger partial charge on any atom is -0.457 e. The number of nitrogens with zero attached hydrogens (tertiary/aromatic N) is 2. The van der Waals surface area contributed by atoms with Gasteiger partial charge in [0.15, 0.2) is 0 Å². The van der Waals surface area contributed by atoms with E-state index in [1.807, 2.05) is 116 Å². The lowest BCUT2D eigenvalue weighted by Gasteiger charge is -2.30. The number of carbonyl (C=O) groups excluding carboxylic acids is 3. The van der Waals surface area contributed by atoms with Crippen molar-refractivity contribution in [3.05, 3.63) is 115 Å². The molecule has 6 rings (SSSR count). The molecule has 4 aromatic rings. The third-order valence-corrected chi connectivity index (χ3v) is 9.84. The Labute approximate surface area is 289 Å². The third-order valence-electron chi connectivity index (χ3n) is 9.84. The highest BCUT2D eigenvalue weighted by atomic mass is 16.5. The van der Waals surface area contributed by atoms with Gasteiger partial charge in [-0.2, -0.15) is 0 Å². The Morgan fingerprint density at radius 3 is 2.18 bits per heavy atom. The molecule has 8 nitrogen and oxygen atoms in total. The van der Waals surface area contributed by atoms with Gasteiger partial charge >= 0.3 is 0 Å². The van der Waals surface area contributed by atoms with E-state index in [9.17, 15) is 14.4 Å². The minimum atomic E-state index is -0.884. The molecule has 3 atom stereocenters. The summed E-state index contributed by atoms with van der Waals surface area (Å²) < 4.78 is 6.11. The Balaban J connectivity index is 1.35. The molecule has 3 N–H and O–H groups in total. The fourth-order valence-corrected chi connectivity index (χ4v) is 7.41. The van der Waals surface area contributed by atoms with Crippen LogP contribution >= 0.6 is 0 Å². The molecule has 8 heteroatoms. The van der Waals surface area contributed by atoms with Gasteiger partial charge < -0.3 is 25.6 Å². The average Bonchev–Trinajstić information content (AvgIpc) is 3.61. The molecular formula is C41H46N4O4. The van der Waals surface area contributed by atoms with Crippen molar-refractivity contribution in [2.75, 3.05) is 16.3 Å². The molecule has 3 amide bonds. The van der Waals surface area contributed by atoms with Crippen LogP contribution in [0.15, 0.2) is 109 Å². The van der Waals surface area contributed by atoms with Crippen LogP contribution in [0.1, 0.15) is 57.4 Å². The molecule has 3 unspecified atom stereocenters. The van der Waals surface area contributed by atoms with Crippen molar-refractivity contribution < 1.29 is 19.1 Å². The summed E-state index contributed by atoms with van der Waals surface area (Å²) >= 11 is 0. The molecule has 1 aliphatic carbocycles. The molecule has 0 bridgehead atoms. The number of anilines is 3. The zero-order chi connectivity index (χ0) is 34.2. The zero-order valence-electron chi connectivity index (χ0n) is 28.2. The quantitative estimate of drug-likeness (QED) is 0.153. The summed E-state index contributed by atoms with van der Waals surface area (Å²) in [7, 11) is 0. The number of nitrogens with one attached hydrogen (secondary N) is 1. The Bertz CT molecular complexity index is 1720. The number of hydrogen-bond acceptors (Lipinski definition) is 5. The molecule has 0 radical (unpaired) electrons. The number of benzene rings is 4. The first kappa shape index (κ1) is 33.8. The van der Waals surface area contributed by atoms with Crippen LogP contribution in [0.2, 0.25) is 0 Å². The van der Waals surface area contributed by atoms with E-state index in [4.69, 9.17) is 10.5 Å². The first-order valence-corrected chi connectivity index (χ1v) is 17.6. The first-order chi connectivity index (χ1) is 23.9. The molecule has 2 aliphatic rings. The Morgan fingerprint density at radius 1 is 0.837 bits per heavy atom. The van der Waals surface area contributed by atoms with Crippen LogP contribution in [0, 0.1) is 17.8 Å². The van der Waals surface area contributed by atoms with E-state index in [2.05, 4.69) is 10.2 Å². The minimum absolute atomic E-state index is 0.223. The van der Waals surface area contributed by atoms with Gasteiger partial charge in [0.1, 0.15) is 17.5 Å². The van der Waals surface area contributed by atoms with E-state index in [1.165, 1.54) is 0 Å². The van der Waals surface area contributed by atoms with Gasteiger partial charge in [0.2, 0.25) is 11.8 Å². The highest BCUT2D eigenvalue weighted by molar-refractivity contribution is 6.04. The van der Waals surface area contributed by atoms with Crippen molar-refractivity contribution in [1.82, 2.24) is 5.32 Å². The molecule has 49 heavy (non-hydrogen) atoms. The van der Waals surface area contributed by atoms with Gasteiger partial charge in [-0.25, -0.2) is 0 Å². The van der Waals surface area contributed by atoms with Crippen LogP contribution in [0.4, 0.5) is 17.1 Å². The normalized spacial score (nSPS) is 17.6. The van der Waals surface area contributed by atoms with Gasteiger partial charge in [0.25, 0.3) is 5.91 Å². The summed E-state index contributed by atoms with van der Waals surface area (Å²) in [6.07, 6.45) is 6.22. The second-order valence-corrected chi connectivity index (χ2v) is 13.3. The van der Waals surface area contributed by atoms with Crippen LogP contribution in [0.25, 0.3) is 0 Å². The number of primary amides is 1. The smallest absolute Gasteiger partial charge is 0.251 e. The number of fused-ring (bicyclic) bond motifs is 1. The second-order valence-electron chi connectivity index (χ2n) is 13.3. The van der Waals surface area contributed by atoms with Crippen molar-refractivity contribution in [2.45, 2.75) is 64.5 Å². The van der Waals surface area contributed by atoms with E-state index in [0.29, 0.717) is 24.5 Å². The first-order valence-electron chi connectivity index (χ1n) is 17.6. The Morgan fingerprint density at radius 2 is 1.49 bits per heavy atom. The highest BCUT2D eigenvalue weighted by Gasteiger charge is 2.39. The van der Waals surface area contributed by atoms with Gasteiger partial charge in [-0.3, -0.25) is 14.4 Å². The molecule has 0 spiro atoms. The van der Waals surface area contributed by atoms with Gasteiger partial charge in [0, 0.05) is 17.5 Å². The van der Waals surface area contributed by atoms with E-state index in [0.717, 1.165) is 60.5 Å². The number of rotatable bonds is 13. The summed E-state index contributed by atoms with van der Waals surface area (Å²) in [6, 6.07) is 34.2. The van der Waals surface area contributed by atoms with Gasteiger partial charge in [-0.15, -0.1) is 0 Å². The monoisotopic (exact) mass is 658 g/mol. The van der Waals surface area contributed by atoms with Crippen LogP contribution in [-0.4, -0.2) is 30.3 Å². The Hall–Kier alpha value is -5.11. The maximum absolute atomic E-state index is 14.8. The van der Waals surface area contributed by atoms with Crippen LogP contribution in [0.5, 0.6) is 11.5 Å². The second kappa shape index (κ2) is 15.9. The van der Waals surface area contributed by atoms with E-state index in [-0.39, 0.29) is 24.9 Å². The molecule has 254 valence electrons. The number of hydrogen-bond donors (Lipinski definition) is 2. The summed E-state index contributed by atoms with van der Waals surface area (Å²) in [4.78, 5) is 45.7. The third kappa shape index (κ3) is 8.13. The Kier molecular flexibility index (Phi) is 10.9. The maximum atomic E-state index is 14.8. The molecule has 1 saturated carbocycles. The highest BCUT2D eigenvalue weighted by Crippen LogP contribution is 2.39. The SMILES string of the molecule is CCCC(C(N)=O)C(CC1CCCC1)C(=O)NC1CN(c2ccccc2)c2ccccc2N(Cc2cccc(Oc3ccccc3)c2)C1=O. The lowest BCUT2D eigenvalue weighted by molar-refractivity contribution is -0.136. The van der Waals surface area contributed by atoms with Crippen LogP contribution in [-0.2, 0) is 20.9 Å². The van der Waals surface area contributed by atoms with Crippen molar-refractivity contribution in [1.29, 1.82) is 0 Å². The molecule has 1 fully saturated rings. The lowest BCUT2D eigenvalue weighted by Crippen LogP contribution is -2.54. The van der Waals surface area contributed by atoms with Gasteiger partial charge in [-0.1, -0.05) is 99.7 Å². The van der Waals surface area contributed by atoms with Crippen molar-refractivity contribution in [3.8, 4) is 11.5 Å². The number of ether oxygens (including phenoxy) is 1. The molecule has 1 heterocycles. The topological polar surface area (TPSA) is 105 Å². The summed E-state index contributed by atoms with van der Waals surface area (Å²) in [5, 5.41) is 3.17. The fourth-order valence-electron chi connectivity index (χ4n) is 7.41. The van der Waals surface area contributed by atoms with Crippen LogP contribution in [0.3, 0.4) is 0 Å². The van der Waals surface area contributed by atoms with E-state index in [1.54, 1.807) is 4.90 Å². The number of carbonyl (C=O) groups is 3. The number of amides is 3. The summed E-state index contributed by atoms with van der Waals surface area (Å²) in [6.45, 7) is 2.49. The largest absolute Gasteiger partial charge is 0.457 e. The van der Waals surface area contributed by atoms with E-state index >= 15 is 0 Å². The molecule has 0 saturated heterocycles. The molecule has 1 aliphatic heterocycles.